The lowest BCUT2D eigenvalue weighted by Crippen LogP contribution is -2.46. The first-order valence-electron chi connectivity index (χ1n) is 8.41. The maximum Gasteiger partial charge on any atom is 0.230 e. The summed E-state index contributed by atoms with van der Waals surface area (Å²) in [6.45, 7) is -0.0319. The normalized spacial score (nSPS) is 29.6. The number of halogens is 1. The van der Waals surface area contributed by atoms with E-state index < -0.39 is 11.5 Å². The molecule has 2 fully saturated rings. The minimum atomic E-state index is -0.527. The molecule has 2 aliphatic rings. The highest BCUT2D eigenvalue weighted by Crippen LogP contribution is 2.42. The number of carbonyl (C=O) groups excluding carboxylic acids is 1. The van der Waals surface area contributed by atoms with Gasteiger partial charge >= 0.3 is 0 Å². The van der Waals surface area contributed by atoms with E-state index in [-0.39, 0.29) is 24.5 Å². The number of carbonyl (C=O) groups is 1. The van der Waals surface area contributed by atoms with Crippen LogP contribution in [0.15, 0.2) is 24.3 Å². The molecule has 0 bridgehead atoms. The second-order valence-corrected chi connectivity index (χ2v) is 7.38. The Balaban J connectivity index is 1.76. The number of rotatable bonds is 4. The van der Waals surface area contributed by atoms with Crippen LogP contribution in [0, 0.1) is 5.92 Å². The van der Waals surface area contributed by atoms with E-state index in [4.69, 9.17) is 11.6 Å². The Hall–Kier alpha value is -1.10. The van der Waals surface area contributed by atoms with Crippen molar-refractivity contribution in [3.63, 3.8) is 0 Å². The fraction of sp³-hybridized carbons (Fsp3) is 0.611. The van der Waals surface area contributed by atoms with Crippen LogP contribution < -0.4 is 5.32 Å². The summed E-state index contributed by atoms with van der Waals surface area (Å²) in [6, 6.07) is 7.52. The molecule has 0 heterocycles. The van der Waals surface area contributed by atoms with Gasteiger partial charge in [0.2, 0.25) is 5.91 Å². The van der Waals surface area contributed by atoms with E-state index in [0.717, 1.165) is 31.2 Å². The van der Waals surface area contributed by atoms with Crippen LogP contribution in [0.2, 0.25) is 5.02 Å². The summed E-state index contributed by atoms with van der Waals surface area (Å²) in [5, 5.41) is 23.0. The number of hydrogen-bond donors (Lipinski definition) is 3. The standard InChI is InChI=1S/C18H24ClNO3/c19-14-5-3-13(4-6-14)18(7-1-2-8-18)17(23)20-15-9-12(11-21)16(22)10-15/h3-6,12,15-16,21-22H,1-2,7-11H2,(H,20,23)/t12-,15+,16-/m1/s1. The Kier molecular flexibility index (Phi) is 4.95. The van der Waals surface area contributed by atoms with Crippen molar-refractivity contribution >= 4 is 17.5 Å². The van der Waals surface area contributed by atoms with Crippen LogP contribution in [-0.4, -0.2) is 34.9 Å². The summed E-state index contributed by atoms with van der Waals surface area (Å²) in [5.74, 6) is -0.0801. The van der Waals surface area contributed by atoms with E-state index in [1.165, 1.54) is 0 Å². The Morgan fingerprint density at radius 3 is 2.43 bits per heavy atom. The fourth-order valence-electron chi connectivity index (χ4n) is 4.13. The Morgan fingerprint density at radius 2 is 1.87 bits per heavy atom. The van der Waals surface area contributed by atoms with Gasteiger partial charge in [0.25, 0.3) is 0 Å². The van der Waals surface area contributed by atoms with Gasteiger partial charge in [-0.1, -0.05) is 36.6 Å². The van der Waals surface area contributed by atoms with Crippen LogP contribution in [0.3, 0.4) is 0 Å². The van der Waals surface area contributed by atoms with Gasteiger partial charge in [-0.05, 0) is 43.4 Å². The van der Waals surface area contributed by atoms with Gasteiger partial charge in [0.1, 0.15) is 0 Å². The van der Waals surface area contributed by atoms with Gasteiger partial charge in [0.05, 0.1) is 11.5 Å². The van der Waals surface area contributed by atoms with Crippen LogP contribution in [0.1, 0.15) is 44.1 Å². The van der Waals surface area contributed by atoms with Gasteiger partial charge in [-0.2, -0.15) is 0 Å². The third kappa shape index (κ3) is 3.25. The molecule has 0 radical (unpaired) electrons. The van der Waals surface area contributed by atoms with Crippen molar-refractivity contribution in [1.29, 1.82) is 0 Å². The first-order valence-corrected chi connectivity index (χ1v) is 8.79. The summed E-state index contributed by atoms with van der Waals surface area (Å²) < 4.78 is 0. The molecule has 23 heavy (non-hydrogen) atoms. The number of benzene rings is 1. The van der Waals surface area contributed by atoms with Crippen molar-refractivity contribution < 1.29 is 15.0 Å². The SMILES string of the molecule is O=C(N[C@H]1C[C@H](CO)[C@H](O)C1)C1(c2ccc(Cl)cc2)CCCC1. The highest BCUT2D eigenvalue weighted by atomic mass is 35.5. The van der Waals surface area contributed by atoms with Crippen LogP contribution in [0.4, 0.5) is 0 Å². The van der Waals surface area contributed by atoms with Crippen LogP contribution in [0.25, 0.3) is 0 Å². The fourth-order valence-corrected chi connectivity index (χ4v) is 4.26. The predicted octanol–water partition coefficient (Wildman–Crippen LogP) is 2.40. The lowest BCUT2D eigenvalue weighted by atomic mass is 9.78. The van der Waals surface area contributed by atoms with Crippen molar-refractivity contribution in [3.05, 3.63) is 34.9 Å². The Labute approximate surface area is 141 Å². The van der Waals surface area contributed by atoms with E-state index in [1.807, 2.05) is 24.3 Å². The minimum Gasteiger partial charge on any atom is -0.396 e. The molecule has 4 nitrogen and oxygen atoms in total. The molecule has 3 atom stereocenters. The molecule has 2 saturated carbocycles. The van der Waals surface area contributed by atoms with Crippen LogP contribution in [0.5, 0.6) is 0 Å². The molecule has 0 unspecified atom stereocenters. The van der Waals surface area contributed by atoms with Gasteiger partial charge in [0.15, 0.2) is 0 Å². The van der Waals surface area contributed by atoms with Crippen molar-refractivity contribution in [2.75, 3.05) is 6.61 Å². The number of aliphatic hydroxyl groups excluding tert-OH is 2. The third-order valence-corrected chi connectivity index (χ3v) is 5.77. The lowest BCUT2D eigenvalue weighted by Gasteiger charge is -2.30. The van der Waals surface area contributed by atoms with Gasteiger partial charge < -0.3 is 15.5 Å². The van der Waals surface area contributed by atoms with Crippen molar-refractivity contribution in [3.8, 4) is 0 Å². The summed E-state index contributed by atoms with van der Waals surface area (Å²) in [7, 11) is 0. The average molecular weight is 338 g/mol. The Bertz CT molecular complexity index is 554. The average Bonchev–Trinajstić information content (AvgIpc) is 3.15. The molecule has 2 aliphatic carbocycles. The van der Waals surface area contributed by atoms with E-state index in [9.17, 15) is 15.0 Å². The molecule has 3 N–H and O–H groups in total. The van der Waals surface area contributed by atoms with E-state index in [2.05, 4.69) is 5.32 Å². The van der Waals surface area contributed by atoms with Crippen molar-refractivity contribution in [1.82, 2.24) is 5.32 Å². The molecule has 0 aliphatic heterocycles. The number of aliphatic hydroxyl groups is 2. The topological polar surface area (TPSA) is 69.6 Å². The molecule has 126 valence electrons. The second-order valence-electron chi connectivity index (χ2n) is 6.95. The molecule has 5 heteroatoms. The van der Waals surface area contributed by atoms with Gasteiger partial charge in [-0.15, -0.1) is 0 Å². The smallest absolute Gasteiger partial charge is 0.230 e. The third-order valence-electron chi connectivity index (χ3n) is 5.52. The summed E-state index contributed by atoms with van der Waals surface area (Å²) in [6.07, 6.45) is 4.41. The number of nitrogens with one attached hydrogen (secondary N) is 1. The monoisotopic (exact) mass is 337 g/mol. The lowest BCUT2D eigenvalue weighted by molar-refractivity contribution is -0.127. The van der Waals surface area contributed by atoms with Gasteiger partial charge in [-0.25, -0.2) is 0 Å². The van der Waals surface area contributed by atoms with Crippen LogP contribution in [-0.2, 0) is 10.2 Å². The molecule has 1 aromatic carbocycles. The summed E-state index contributed by atoms with van der Waals surface area (Å²) in [5.41, 5.74) is 0.543. The molecule has 0 aromatic heterocycles. The summed E-state index contributed by atoms with van der Waals surface area (Å²) in [4.78, 5) is 13.0. The zero-order chi connectivity index (χ0) is 16.4. The zero-order valence-corrected chi connectivity index (χ0v) is 13.9. The molecular formula is C18H24ClNO3. The second kappa shape index (κ2) is 6.80. The highest BCUT2D eigenvalue weighted by molar-refractivity contribution is 6.30. The van der Waals surface area contributed by atoms with E-state index >= 15 is 0 Å². The van der Waals surface area contributed by atoms with Crippen molar-refractivity contribution in [2.24, 2.45) is 5.92 Å². The van der Waals surface area contributed by atoms with Gasteiger partial charge in [-0.3, -0.25) is 4.79 Å². The molecule has 0 saturated heterocycles. The molecular weight excluding hydrogens is 314 g/mol. The Morgan fingerprint density at radius 1 is 1.22 bits per heavy atom. The maximum atomic E-state index is 13.0. The predicted molar refractivity (Wildman–Crippen MR) is 89.3 cm³/mol. The van der Waals surface area contributed by atoms with Crippen LogP contribution >= 0.6 is 11.6 Å². The number of hydrogen-bond acceptors (Lipinski definition) is 3. The first-order chi connectivity index (χ1) is 11.0. The van der Waals surface area contributed by atoms with Gasteiger partial charge in [0, 0.05) is 23.6 Å². The zero-order valence-electron chi connectivity index (χ0n) is 13.2. The molecule has 1 aromatic rings. The molecule has 3 rings (SSSR count). The summed E-state index contributed by atoms with van der Waals surface area (Å²) >= 11 is 5.98. The minimum absolute atomic E-state index is 0.0319. The van der Waals surface area contributed by atoms with E-state index in [1.54, 1.807) is 0 Å². The number of amides is 1. The maximum absolute atomic E-state index is 13.0. The molecule has 0 spiro atoms. The van der Waals surface area contributed by atoms with Crippen molar-refractivity contribution in [2.45, 2.75) is 56.1 Å². The highest BCUT2D eigenvalue weighted by Gasteiger charge is 2.44. The first kappa shape index (κ1) is 16.7. The quantitative estimate of drug-likeness (QED) is 0.790. The molecule has 1 amide bonds. The largest absolute Gasteiger partial charge is 0.396 e. The van der Waals surface area contributed by atoms with E-state index in [0.29, 0.717) is 17.9 Å².